The van der Waals surface area contributed by atoms with Gasteiger partial charge in [0.15, 0.2) is 0 Å². The van der Waals surface area contributed by atoms with Crippen molar-refractivity contribution in [2.24, 2.45) is 0 Å². The summed E-state index contributed by atoms with van der Waals surface area (Å²) in [7, 11) is 1.00. The van der Waals surface area contributed by atoms with Gasteiger partial charge in [0, 0.05) is 46.3 Å². The Kier molecular flexibility index (Phi) is 20.4. The maximum atomic E-state index is 10.7. The summed E-state index contributed by atoms with van der Waals surface area (Å²) in [5, 5.41) is 7.00. The monoisotopic (exact) mass is 333 g/mol. The van der Waals surface area contributed by atoms with Gasteiger partial charge in [-0.2, -0.15) is 0 Å². The summed E-state index contributed by atoms with van der Waals surface area (Å²) in [6.45, 7) is 10.8. The Hall–Kier alpha value is -0.820. The molecule has 0 saturated carbocycles. The third-order valence-electron chi connectivity index (χ3n) is 3.17. The Morgan fingerprint density at radius 2 is 1.22 bits per heavy atom. The van der Waals surface area contributed by atoms with E-state index in [1.54, 1.807) is 13.8 Å². The fourth-order valence-corrected chi connectivity index (χ4v) is 1.84. The van der Waals surface area contributed by atoms with Gasteiger partial charge in [0.2, 0.25) is 0 Å². The maximum Gasteiger partial charge on any atom is 0.132 e. The van der Waals surface area contributed by atoms with Gasteiger partial charge in [-0.05, 0) is 33.2 Å². The Morgan fingerprint density at radius 3 is 1.52 bits per heavy atom. The Bertz CT molecular complexity index is 258. The summed E-state index contributed by atoms with van der Waals surface area (Å²) in [5.74, 6) is 0.352. The van der Waals surface area contributed by atoms with E-state index < -0.39 is 0 Å². The first-order valence-electron chi connectivity index (χ1n) is 8.37. The molecule has 0 fully saturated rings. The molecular weight excluding hydrogens is 298 g/mol. The number of aliphatic hydroxyl groups excluding tert-OH is 1. The topological polar surface area (TPSA) is 76.1 Å². The molecule has 0 unspecified atom stereocenters. The molecule has 23 heavy (non-hydrogen) atoms. The molecule has 6 heteroatoms. The van der Waals surface area contributed by atoms with Crippen LogP contribution in [0, 0.1) is 0 Å². The van der Waals surface area contributed by atoms with Crippen LogP contribution in [0.2, 0.25) is 0 Å². The van der Waals surface area contributed by atoms with Gasteiger partial charge in [-0.1, -0.05) is 6.92 Å². The van der Waals surface area contributed by atoms with Crippen LogP contribution >= 0.6 is 0 Å². The van der Waals surface area contributed by atoms with Crippen molar-refractivity contribution in [3.05, 3.63) is 0 Å². The van der Waals surface area contributed by atoms with E-state index in [0.717, 1.165) is 39.6 Å². The molecule has 0 aliphatic rings. The number of carbonyl (C=O) groups is 2. The van der Waals surface area contributed by atoms with E-state index in [2.05, 4.69) is 11.8 Å². The highest BCUT2D eigenvalue weighted by molar-refractivity contribution is 5.75. The van der Waals surface area contributed by atoms with Crippen LogP contribution in [0.4, 0.5) is 0 Å². The molecule has 0 amide bonds. The molecule has 1 N–H and O–H groups in total. The first-order chi connectivity index (χ1) is 11.1. The van der Waals surface area contributed by atoms with Crippen molar-refractivity contribution in [2.75, 3.05) is 53.2 Å². The van der Waals surface area contributed by atoms with Crippen LogP contribution in [0.3, 0.4) is 0 Å². The molecule has 138 valence electrons. The molecule has 0 aliphatic carbocycles. The highest BCUT2D eigenvalue weighted by Crippen LogP contribution is 1.97. The summed E-state index contributed by atoms with van der Waals surface area (Å²) in [6, 6.07) is 0. The number of hydrogen-bond acceptors (Lipinski definition) is 6. The summed E-state index contributed by atoms with van der Waals surface area (Å²) in [5.41, 5.74) is 0. The van der Waals surface area contributed by atoms with Crippen LogP contribution in [0.15, 0.2) is 0 Å². The summed E-state index contributed by atoms with van der Waals surface area (Å²) in [6.07, 6.45) is 2.98. The van der Waals surface area contributed by atoms with Crippen molar-refractivity contribution in [3.8, 4) is 0 Å². The number of hydrogen-bond donors (Lipinski definition) is 1. The lowest BCUT2D eigenvalue weighted by molar-refractivity contribution is -0.118. The lowest BCUT2D eigenvalue weighted by Crippen LogP contribution is -2.27. The first kappa shape index (κ1) is 24.4. The van der Waals surface area contributed by atoms with Crippen LogP contribution in [0.5, 0.6) is 0 Å². The molecule has 0 saturated heterocycles. The van der Waals surface area contributed by atoms with Gasteiger partial charge < -0.3 is 19.5 Å². The molecule has 0 aromatic rings. The summed E-state index contributed by atoms with van der Waals surface area (Å²) >= 11 is 0. The maximum absolute atomic E-state index is 10.7. The molecule has 0 spiro atoms. The van der Waals surface area contributed by atoms with Gasteiger partial charge in [-0.25, -0.2) is 0 Å². The van der Waals surface area contributed by atoms with E-state index in [9.17, 15) is 9.59 Å². The van der Waals surface area contributed by atoms with E-state index in [0.29, 0.717) is 39.3 Å². The standard InChI is InChI=1S/C16H31NO4.CH4O/c1-4-17(9-5-11-20-13-7-15(2)18)10-6-12-21-14-8-16(3)19;1-2/h4-14H2,1-3H3;2H,1H3. The Balaban J connectivity index is 0. The fourth-order valence-electron chi connectivity index (χ4n) is 1.84. The minimum Gasteiger partial charge on any atom is -0.400 e. The van der Waals surface area contributed by atoms with Crippen LogP contribution in [0.25, 0.3) is 0 Å². The van der Waals surface area contributed by atoms with Gasteiger partial charge in [-0.3, -0.25) is 9.59 Å². The average molecular weight is 333 g/mol. The quantitative estimate of drug-likeness (QED) is 0.460. The predicted molar refractivity (Wildman–Crippen MR) is 91.7 cm³/mol. The van der Waals surface area contributed by atoms with Crippen LogP contribution in [-0.2, 0) is 19.1 Å². The molecule has 6 nitrogen and oxygen atoms in total. The van der Waals surface area contributed by atoms with Crippen LogP contribution < -0.4 is 0 Å². The van der Waals surface area contributed by atoms with Gasteiger partial charge in [0.1, 0.15) is 11.6 Å². The van der Waals surface area contributed by atoms with E-state index in [-0.39, 0.29) is 11.6 Å². The zero-order chi connectivity index (χ0) is 17.9. The number of ketones is 2. The van der Waals surface area contributed by atoms with E-state index in [1.165, 1.54) is 0 Å². The van der Waals surface area contributed by atoms with E-state index in [4.69, 9.17) is 14.6 Å². The lowest BCUT2D eigenvalue weighted by atomic mass is 10.3. The zero-order valence-electron chi connectivity index (χ0n) is 15.3. The smallest absolute Gasteiger partial charge is 0.132 e. The summed E-state index contributed by atoms with van der Waals surface area (Å²) in [4.78, 5) is 23.8. The van der Waals surface area contributed by atoms with Crippen LogP contribution in [0.1, 0.15) is 46.5 Å². The van der Waals surface area contributed by atoms with Gasteiger partial charge >= 0.3 is 0 Å². The van der Waals surface area contributed by atoms with E-state index >= 15 is 0 Å². The number of nitrogens with zero attached hydrogens (tertiary/aromatic N) is 1. The van der Waals surface area contributed by atoms with Crippen molar-refractivity contribution < 1.29 is 24.2 Å². The predicted octanol–water partition coefficient (Wildman–Crippen LogP) is 1.69. The molecule has 0 aliphatic heterocycles. The minimum atomic E-state index is 0.176. The largest absolute Gasteiger partial charge is 0.400 e. The number of rotatable bonds is 15. The molecule has 0 aromatic carbocycles. The summed E-state index contributed by atoms with van der Waals surface area (Å²) < 4.78 is 10.8. The number of Topliss-reactive ketones (excluding diaryl/α,β-unsaturated/α-hetero) is 2. The van der Waals surface area contributed by atoms with Crippen LogP contribution in [-0.4, -0.2) is 74.7 Å². The van der Waals surface area contributed by atoms with Gasteiger partial charge in [0.25, 0.3) is 0 Å². The molecule has 0 atom stereocenters. The molecule has 0 aromatic heterocycles. The second-order valence-electron chi connectivity index (χ2n) is 5.27. The fraction of sp³-hybridized carbons (Fsp3) is 0.882. The highest BCUT2D eigenvalue weighted by atomic mass is 16.5. The normalized spacial score (nSPS) is 10.3. The van der Waals surface area contributed by atoms with Crippen molar-refractivity contribution in [1.29, 1.82) is 0 Å². The minimum absolute atomic E-state index is 0.176. The van der Waals surface area contributed by atoms with Gasteiger partial charge in [-0.15, -0.1) is 0 Å². The Morgan fingerprint density at radius 1 is 0.826 bits per heavy atom. The molecule has 0 bridgehead atoms. The Labute approximate surface area is 141 Å². The lowest BCUT2D eigenvalue weighted by Gasteiger charge is -2.20. The molecule has 0 radical (unpaired) electrons. The van der Waals surface area contributed by atoms with Crippen molar-refractivity contribution in [3.63, 3.8) is 0 Å². The number of carbonyl (C=O) groups excluding carboxylic acids is 2. The van der Waals surface area contributed by atoms with Gasteiger partial charge in [0.05, 0.1) is 13.2 Å². The second kappa shape index (κ2) is 19.2. The number of ether oxygens (including phenoxy) is 2. The third kappa shape index (κ3) is 21.2. The van der Waals surface area contributed by atoms with Crippen molar-refractivity contribution in [2.45, 2.75) is 46.5 Å². The molecule has 0 rings (SSSR count). The SMILES string of the molecule is CCN(CCCOCCC(C)=O)CCCOCCC(C)=O.CO. The molecular formula is C17H35NO5. The number of aliphatic hydroxyl groups is 1. The third-order valence-corrected chi connectivity index (χ3v) is 3.17. The van der Waals surface area contributed by atoms with Crippen molar-refractivity contribution in [1.82, 2.24) is 4.90 Å². The first-order valence-corrected chi connectivity index (χ1v) is 8.37. The van der Waals surface area contributed by atoms with Crippen molar-refractivity contribution >= 4 is 11.6 Å². The zero-order valence-corrected chi connectivity index (χ0v) is 15.3. The van der Waals surface area contributed by atoms with E-state index in [1.807, 2.05) is 0 Å². The average Bonchev–Trinajstić information content (AvgIpc) is 2.53. The molecule has 0 heterocycles. The second-order valence-corrected chi connectivity index (χ2v) is 5.27. The highest BCUT2D eigenvalue weighted by Gasteiger charge is 2.02.